The van der Waals surface area contributed by atoms with E-state index in [0.717, 1.165) is 32.2 Å². The van der Waals surface area contributed by atoms with Gasteiger partial charge in [-0.1, -0.05) is 26.2 Å². The van der Waals surface area contributed by atoms with Gasteiger partial charge in [-0.05, 0) is 38.0 Å². The van der Waals surface area contributed by atoms with Gasteiger partial charge in [0.05, 0.1) is 0 Å². The summed E-state index contributed by atoms with van der Waals surface area (Å²) in [5.74, 6) is 0.877. The van der Waals surface area contributed by atoms with Crippen molar-refractivity contribution in [3.63, 3.8) is 0 Å². The third kappa shape index (κ3) is 3.21. The van der Waals surface area contributed by atoms with Gasteiger partial charge >= 0.3 is 0 Å². The second-order valence-corrected chi connectivity index (χ2v) is 6.27. The fourth-order valence-electron chi connectivity index (χ4n) is 3.35. The first-order chi connectivity index (χ1) is 8.10. The Morgan fingerprint density at radius 1 is 1.29 bits per heavy atom. The molecule has 2 unspecified atom stereocenters. The minimum Gasteiger partial charge on any atom is -0.355 e. The summed E-state index contributed by atoms with van der Waals surface area (Å²) in [6.45, 7) is 2.95. The number of carbonyl (C=O) groups is 1. The van der Waals surface area contributed by atoms with Crippen LogP contribution >= 0.6 is 0 Å². The lowest BCUT2D eigenvalue weighted by Crippen LogP contribution is -2.41. The first-order valence-electron chi connectivity index (χ1n) is 7.14. The Kier molecular flexibility index (Phi) is 4.08. The molecule has 2 fully saturated rings. The van der Waals surface area contributed by atoms with E-state index in [2.05, 4.69) is 12.2 Å². The first-order valence-corrected chi connectivity index (χ1v) is 7.14. The molecule has 2 rings (SSSR count). The van der Waals surface area contributed by atoms with Crippen LogP contribution < -0.4 is 11.1 Å². The Bertz CT molecular complexity index is 271. The summed E-state index contributed by atoms with van der Waals surface area (Å²) in [6, 6.07) is 0.354. The fraction of sp³-hybridized carbons (Fsp3) is 0.929. The van der Waals surface area contributed by atoms with E-state index in [9.17, 15) is 4.79 Å². The van der Waals surface area contributed by atoms with Crippen LogP contribution in [0.2, 0.25) is 0 Å². The molecule has 0 aromatic rings. The SMILES string of the molecule is CC1(C(=O)NCC2CCCC(N)C2)CCCC1. The molecule has 3 nitrogen and oxygen atoms in total. The molecule has 1 amide bonds. The van der Waals surface area contributed by atoms with Crippen molar-refractivity contribution in [2.24, 2.45) is 17.1 Å². The van der Waals surface area contributed by atoms with E-state index in [4.69, 9.17) is 5.73 Å². The lowest BCUT2D eigenvalue weighted by atomic mass is 9.85. The van der Waals surface area contributed by atoms with Gasteiger partial charge in [0.25, 0.3) is 0 Å². The number of hydrogen-bond acceptors (Lipinski definition) is 2. The highest BCUT2D eigenvalue weighted by atomic mass is 16.2. The molecule has 0 saturated heterocycles. The third-order valence-corrected chi connectivity index (χ3v) is 4.63. The van der Waals surface area contributed by atoms with Gasteiger partial charge in [-0.2, -0.15) is 0 Å². The van der Waals surface area contributed by atoms with Gasteiger partial charge in [0.1, 0.15) is 0 Å². The average molecular weight is 238 g/mol. The average Bonchev–Trinajstić information content (AvgIpc) is 2.74. The third-order valence-electron chi connectivity index (χ3n) is 4.63. The van der Waals surface area contributed by atoms with E-state index in [1.54, 1.807) is 0 Å². The first kappa shape index (κ1) is 12.9. The van der Waals surface area contributed by atoms with Crippen molar-refractivity contribution in [2.75, 3.05) is 6.54 Å². The summed E-state index contributed by atoms with van der Waals surface area (Å²) in [6.07, 6.45) is 9.21. The van der Waals surface area contributed by atoms with E-state index in [1.807, 2.05) is 0 Å². The summed E-state index contributed by atoms with van der Waals surface area (Å²) in [5, 5.41) is 3.16. The quantitative estimate of drug-likeness (QED) is 0.792. The molecule has 0 aromatic heterocycles. The Labute approximate surface area is 105 Å². The highest BCUT2D eigenvalue weighted by molar-refractivity contribution is 5.82. The zero-order chi connectivity index (χ0) is 12.3. The van der Waals surface area contributed by atoms with Crippen LogP contribution in [0.4, 0.5) is 0 Å². The van der Waals surface area contributed by atoms with Crippen LogP contribution in [-0.4, -0.2) is 18.5 Å². The van der Waals surface area contributed by atoms with Gasteiger partial charge in [0, 0.05) is 18.0 Å². The van der Waals surface area contributed by atoms with Gasteiger partial charge in [0.15, 0.2) is 0 Å². The van der Waals surface area contributed by atoms with Gasteiger partial charge in [-0.3, -0.25) is 4.79 Å². The minimum absolute atomic E-state index is 0.0865. The van der Waals surface area contributed by atoms with Crippen LogP contribution in [0.5, 0.6) is 0 Å². The van der Waals surface area contributed by atoms with Crippen molar-refractivity contribution < 1.29 is 4.79 Å². The summed E-state index contributed by atoms with van der Waals surface area (Å²) in [5.41, 5.74) is 5.88. The number of nitrogens with two attached hydrogens (primary N) is 1. The maximum atomic E-state index is 12.1. The summed E-state index contributed by atoms with van der Waals surface area (Å²) >= 11 is 0. The molecule has 2 saturated carbocycles. The number of nitrogens with one attached hydrogen (secondary N) is 1. The molecule has 3 N–H and O–H groups in total. The maximum Gasteiger partial charge on any atom is 0.225 e. The van der Waals surface area contributed by atoms with Crippen LogP contribution in [0.15, 0.2) is 0 Å². The lowest BCUT2D eigenvalue weighted by molar-refractivity contribution is -0.130. The molecule has 98 valence electrons. The number of amides is 1. The molecule has 2 atom stereocenters. The second kappa shape index (κ2) is 5.38. The van der Waals surface area contributed by atoms with Crippen molar-refractivity contribution in [1.29, 1.82) is 0 Å². The monoisotopic (exact) mass is 238 g/mol. The predicted octanol–water partition coefficient (Wildman–Crippen LogP) is 2.20. The molecule has 0 aliphatic heterocycles. The van der Waals surface area contributed by atoms with Crippen LogP contribution in [0, 0.1) is 11.3 Å². The molecule has 3 heteroatoms. The highest BCUT2D eigenvalue weighted by Crippen LogP contribution is 2.37. The van der Waals surface area contributed by atoms with E-state index >= 15 is 0 Å². The molecule has 17 heavy (non-hydrogen) atoms. The zero-order valence-corrected chi connectivity index (χ0v) is 11.0. The van der Waals surface area contributed by atoms with Gasteiger partial charge < -0.3 is 11.1 Å². The van der Waals surface area contributed by atoms with E-state index in [0.29, 0.717) is 12.0 Å². The summed E-state index contributed by atoms with van der Waals surface area (Å²) < 4.78 is 0. The van der Waals surface area contributed by atoms with Gasteiger partial charge in [0.2, 0.25) is 5.91 Å². The fourth-order valence-corrected chi connectivity index (χ4v) is 3.35. The largest absolute Gasteiger partial charge is 0.355 e. The molecular weight excluding hydrogens is 212 g/mol. The van der Waals surface area contributed by atoms with Crippen LogP contribution in [0.1, 0.15) is 58.3 Å². The van der Waals surface area contributed by atoms with Crippen LogP contribution in [0.3, 0.4) is 0 Å². The Morgan fingerprint density at radius 3 is 2.65 bits per heavy atom. The van der Waals surface area contributed by atoms with Crippen molar-refractivity contribution >= 4 is 5.91 Å². The molecular formula is C14H26N2O. The molecule has 0 aromatic carbocycles. The number of carbonyl (C=O) groups excluding carboxylic acids is 1. The predicted molar refractivity (Wildman–Crippen MR) is 69.5 cm³/mol. The smallest absolute Gasteiger partial charge is 0.225 e. The lowest BCUT2D eigenvalue weighted by Gasteiger charge is -2.29. The van der Waals surface area contributed by atoms with E-state index in [-0.39, 0.29) is 11.3 Å². The molecule has 2 aliphatic carbocycles. The second-order valence-electron chi connectivity index (χ2n) is 6.27. The zero-order valence-electron chi connectivity index (χ0n) is 11.0. The molecule has 0 spiro atoms. The molecule has 2 aliphatic rings. The van der Waals surface area contributed by atoms with Crippen LogP contribution in [0.25, 0.3) is 0 Å². The van der Waals surface area contributed by atoms with E-state index < -0.39 is 0 Å². The van der Waals surface area contributed by atoms with Crippen molar-refractivity contribution in [3.05, 3.63) is 0 Å². The molecule has 0 radical (unpaired) electrons. The Balaban J connectivity index is 1.75. The maximum absolute atomic E-state index is 12.1. The van der Waals surface area contributed by atoms with Crippen molar-refractivity contribution in [2.45, 2.75) is 64.3 Å². The van der Waals surface area contributed by atoms with Gasteiger partial charge in [-0.15, -0.1) is 0 Å². The molecule has 0 heterocycles. The number of rotatable bonds is 3. The standard InChI is InChI=1S/C14H26N2O/c1-14(7-2-3-8-14)13(17)16-10-11-5-4-6-12(15)9-11/h11-12H,2-10,15H2,1H3,(H,16,17). The van der Waals surface area contributed by atoms with E-state index in [1.165, 1.54) is 25.7 Å². The normalized spacial score (nSPS) is 32.4. The van der Waals surface area contributed by atoms with Gasteiger partial charge in [-0.25, -0.2) is 0 Å². The Hall–Kier alpha value is -0.570. The molecule has 0 bridgehead atoms. The van der Waals surface area contributed by atoms with Crippen molar-refractivity contribution in [3.8, 4) is 0 Å². The summed E-state index contributed by atoms with van der Waals surface area (Å²) in [4.78, 5) is 12.1. The number of hydrogen-bond donors (Lipinski definition) is 2. The Morgan fingerprint density at radius 2 is 2.00 bits per heavy atom. The topological polar surface area (TPSA) is 55.1 Å². The summed E-state index contributed by atoms with van der Waals surface area (Å²) in [7, 11) is 0. The minimum atomic E-state index is -0.0865. The highest BCUT2D eigenvalue weighted by Gasteiger charge is 2.36. The van der Waals surface area contributed by atoms with Crippen LogP contribution in [-0.2, 0) is 4.79 Å². The van der Waals surface area contributed by atoms with Crippen molar-refractivity contribution in [1.82, 2.24) is 5.32 Å².